The van der Waals surface area contributed by atoms with E-state index in [0.29, 0.717) is 23.6 Å². The van der Waals surface area contributed by atoms with E-state index in [1.807, 2.05) is 6.07 Å². The third-order valence-electron chi connectivity index (χ3n) is 4.21. The first-order valence-corrected chi connectivity index (χ1v) is 8.93. The number of rotatable bonds is 3. The number of imide groups is 1. The number of carbonyl (C=O) groups excluding carboxylic acids is 3. The molecule has 2 aliphatic heterocycles. The number of likely N-dealkylation sites (tertiary alicyclic amines) is 1. The van der Waals surface area contributed by atoms with Crippen molar-refractivity contribution in [1.29, 1.82) is 5.26 Å². The Kier molecular flexibility index (Phi) is 5.19. The minimum absolute atomic E-state index is 0.179. The monoisotopic (exact) mass is 355 g/mol. The lowest BCUT2D eigenvalue weighted by atomic mass is 10.1. The highest BCUT2D eigenvalue weighted by atomic mass is 32.2. The predicted molar refractivity (Wildman–Crippen MR) is 94.3 cm³/mol. The molecule has 0 radical (unpaired) electrons. The van der Waals surface area contributed by atoms with Crippen molar-refractivity contribution in [2.75, 3.05) is 19.6 Å². The summed E-state index contributed by atoms with van der Waals surface area (Å²) < 4.78 is 0. The molecule has 2 saturated heterocycles. The maximum atomic E-state index is 12.5. The Morgan fingerprint density at radius 3 is 2.48 bits per heavy atom. The summed E-state index contributed by atoms with van der Waals surface area (Å²) in [5.41, 5.74) is 1.25. The molecule has 0 unspecified atom stereocenters. The third kappa shape index (κ3) is 3.91. The van der Waals surface area contributed by atoms with Crippen LogP contribution in [0.15, 0.2) is 29.2 Å². The number of nitrogens with zero attached hydrogens (tertiary/aromatic N) is 3. The molecule has 7 heteroatoms. The minimum atomic E-state index is -0.440. The highest BCUT2D eigenvalue weighted by Crippen LogP contribution is 2.32. The van der Waals surface area contributed by atoms with Crippen LogP contribution < -0.4 is 0 Å². The second kappa shape index (κ2) is 7.53. The van der Waals surface area contributed by atoms with E-state index in [1.54, 1.807) is 35.2 Å². The number of nitriles is 1. The van der Waals surface area contributed by atoms with Gasteiger partial charge >= 0.3 is 0 Å². The fourth-order valence-corrected chi connectivity index (χ4v) is 3.66. The molecular weight excluding hydrogens is 338 g/mol. The van der Waals surface area contributed by atoms with Crippen molar-refractivity contribution in [3.05, 3.63) is 40.3 Å². The maximum absolute atomic E-state index is 12.5. The van der Waals surface area contributed by atoms with E-state index in [2.05, 4.69) is 0 Å². The van der Waals surface area contributed by atoms with E-state index >= 15 is 0 Å². The molecule has 0 saturated carbocycles. The van der Waals surface area contributed by atoms with Gasteiger partial charge in [-0.3, -0.25) is 19.3 Å². The van der Waals surface area contributed by atoms with Crippen molar-refractivity contribution in [3.8, 4) is 6.07 Å². The average Bonchev–Trinajstić information content (AvgIpc) is 2.90. The Balaban J connectivity index is 1.69. The molecule has 0 atom stereocenters. The molecule has 1 aromatic rings. The van der Waals surface area contributed by atoms with Crippen LogP contribution in [-0.2, 0) is 9.59 Å². The molecular formula is C18H17N3O3S. The second-order valence-corrected chi connectivity index (χ2v) is 6.94. The van der Waals surface area contributed by atoms with Gasteiger partial charge in [0, 0.05) is 13.1 Å². The minimum Gasteiger partial charge on any atom is -0.341 e. The quantitative estimate of drug-likeness (QED) is 0.779. The van der Waals surface area contributed by atoms with Crippen LogP contribution >= 0.6 is 11.8 Å². The zero-order valence-electron chi connectivity index (χ0n) is 13.6. The van der Waals surface area contributed by atoms with Crippen molar-refractivity contribution in [3.63, 3.8) is 0 Å². The van der Waals surface area contributed by atoms with Gasteiger partial charge in [-0.15, -0.1) is 0 Å². The van der Waals surface area contributed by atoms with Crippen LogP contribution in [0.25, 0.3) is 6.08 Å². The topological polar surface area (TPSA) is 81.5 Å². The van der Waals surface area contributed by atoms with Crippen LogP contribution in [-0.4, -0.2) is 46.5 Å². The first-order chi connectivity index (χ1) is 12.1. The Labute approximate surface area is 150 Å². The molecule has 128 valence electrons. The highest BCUT2D eigenvalue weighted by Gasteiger charge is 2.37. The van der Waals surface area contributed by atoms with Gasteiger partial charge < -0.3 is 4.90 Å². The Morgan fingerprint density at radius 1 is 1.16 bits per heavy atom. The van der Waals surface area contributed by atoms with E-state index in [1.165, 1.54) is 0 Å². The van der Waals surface area contributed by atoms with Gasteiger partial charge in [-0.2, -0.15) is 5.26 Å². The van der Waals surface area contributed by atoms with Crippen LogP contribution in [0.5, 0.6) is 0 Å². The van der Waals surface area contributed by atoms with E-state index in [-0.39, 0.29) is 12.5 Å². The number of piperidine rings is 1. The average molecular weight is 355 g/mol. The molecule has 2 heterocycles. The largest absolute Gasteiger partial charge is 0.341 e. The number of benzene rings is 1. The molecule has 1 aromatic carbocycles. The van der Waals surface area contributed by atoms with Crippen molar-refractivity contribution in [2.45, 2.75) is 19.3 Å². The summed E-state index contributed by atoms with van der Waals surface area (Å²) in [6.45, 7) is 1.18. The number of thioether (sulfide) groups is 1. The maximum Gasteiger partial charge on any atom is 0.294 e. The summed E-state index contributed by atoms with van der Waals surface area (Å²) in [6, 6.07) is 8.75. The fourth-order valence-electron chi connectivity index (χ4n) is 2.82. The third-order valence-corrected chi connectivity index (χ3v) is 5.12. The number of carbonyl (C=O) groups is 3. The Morgan fingerprint density at radius 2 is 1.84 bits per heavy atom. The summed E-state index contributed by atoms with van der Waals surface area (Å²) in [4.78, 5) is 39.9. The lowest BCUT2D eigenvalue weighted by Crippen LogP contribution is -2.44. The van der Waals surface area contributed by atoms with E-state index in [9.17, 15) is 14.4 Å². The van der Waals surface area contributed by atoms with Crippen LogP contribution in [0.1, 0.15) is 30.4 Å². The summed E-state index contributed by atoms with van der Waals surface area (Å²) in [5, 5.41) is 8.38. The van der Waals surface area contributed by atoms with Gasteiger partial charge in [-0.1, -0.05) is 12.1 Å². The van der Waals surface area contributed by atoms with Crippen LogP contribution in [0.2, 0.25) is 0 Å². The molecule has 25 heavy (non-hydrogen) atoms. The van der Waals surface area contributed by atoms with Crippen LogP contribution in [0, 0.1) is 11.3 Å². The standard InChI is InChI=1S/C18H17N3O3S/c19-11-14-6-4-13(5-7-14)10-15-17(23)21(18(24)25-15)12-16(22)20-8-2-1-3-9-20/h4-7,10H,1-3,8-9,12H2/b15-10-. The van der Waals surface area contributed by atoms with Gasteiger partial charge in [-0.25, -0.2) is 0 Å². The van der Waals surface area contributed by atoms with Crippen molar-refractivity contribution >= 4 is 34.9 Å². The number of amides is 3. The van der Waals surface area contributed by atoms with E-state index in [0.717, 1.165) is 41.5 Å². The van der Waals surface area contributed by atoms with Gasteiger partial charge in [0.25, 0.3) is 11.1 Å². The predicted octanol–water partition coefficient (Wildman–Crippen LogP) is 2.61. The second-order valence-electron chi connectivity index (χ2n) is 5.94. The molecule has 3 rings (SSSR count). The zero-order chi connectivity index (χ0) is 17.8. The molecule has 6 nitrogen and oxygen atoms in total. The Bertz CT molecular complexity index is 774. The summed E-state index contributed by atoms with van der Waals surface area (Å²) >= 11 is 0.838. The molecule has 0 aromatic heterocycles. The normalized spacial score (nSPS) is 19.4. The summed E-state index contributed by atoms with van der Waals surface area (Å²) in [7, 11) is 0. The van der Waals surface area contributed by atoms with Gasteiger partial charge in [0.1, 0.15) is 6.54 Å². The molecule has 0 N–H and O–H groups in total. The smallest absolute Gasteiger partial charge is 0.294 e. The van der Waals surface area contributed by atoms with Gasteiger partial charge in [0.15, 0.2) is 0 Å². The van der Waals surface area contributed by atoms with Crippen molar-refractivity contribution in [1.82, 2.24) is 9.80 Å². The first-order valence-electron chi connectivity index (χ1n) is 8.12. The van der Waals surface area contributed by atoms with Gasteiger partial charge in [0.05, 0.1) is 16.5 Å². The van der Waals surface area contributed by atoms with E-state index in [4.69, 9.17) is 5.26 Å². The van der Waals surface area contributed by atoms with E-state index < -0.39 is 11.1 Å². The molecule has 3 amide bonds. The van der Waals surface area contributed by atoms with Gasteiger partial charge in [0.2, 0.25) is 5.91 Å². The molecule has 2 aliphatic rings. The van der Waals surface area contributed by atoms with Crippen LogP contribution in [0.3, 0.4) is 0 Å². The lowest BCUT2D eigenvalue weighted by Gasteiger charge is -2.27. The van der Waals surface area contributed by atoms with Gasteiger partial charge in [-0.05, 0) is 54.8 Å². The molecule has 2 fully saturated rings. The fraction of sp³-hybridized carbons (Fsp3) is 0.333. The highest BCUT2D eigenvalue weighted by molar-refractivity contribution is 8.18. The molecule has 0 spiro atoms. The Hall–Kier alpha value is -2.59. The molecule has 0 aliphatic carbocycles. The molecule has 0 bridgehead atoms. The number of hydrogen-bond acceptors (Lipinski definition) is 5. The summed E-state index contributed by atoms with van der Waals surface area (Å²) in [6.07, 6.45) is 4.65. The van der Waals surface area contributed by atoms with Crippen molar-refractivity contribution in [2.24, 2.45) is 0 Å². The van der Waals surface area contributed by atoms with Crippen molar-refractivity contribution < 1.29 is 14.4 Å². The number of hydrogen-bond donors (Lipinski definition) is 0. The van der Waals surface area contributed by atoms with Crippen LogP contribution in [0.4, 0.5) is 4.79 Å². The first kappa shape index (κ1) is 17.2. The summed E-state index contributed by atoms with van der Waals surface area (Å²) in [5.74, 6) is -0.619. The lowest BCUT2D eigenvalue weighted by molar-refractivity contribution is -0.136. The SMILES string of the molecule is N#Cc1ccc(/C=C2\SC(=O)N(CC(=O)N3CCCCC3)C2=O)cc1. The zero-order valence-corrected chi connectivity index (χ0v) is 14.4.